The van der Waals surface area contributed by atoms with Crippen molar-refractivity contribution in [1.82, 2.24) is 9.88 Å². The van der Waals surface area contributed by atoms with Crippen molar-refractivity contribution in [3.8, 4) is 0 Å². The Balaban J connectivity index is 0.00000256. The fourth-order valence-corrected chi connectivity index (χ4v) is 5.34. The number of ether oxygens (including phenoxy) is 1. The number of benzene rings is 2. The van der Waals surface area contributed by atoms with Crippen molar-refractivity contribution in [3.63, 3.8) is 0 Å². The van der Waals surface area contributed by atoms with Gasteiger partial charge in [-0.1, -0.05) is 39.4 Å². The molecular formula is C21H22Br2ClN3O2S. The lowest BCUT2D eigenvalue weighted by molar-refractivity contribution is 0.0376. The van der Waals surface area contributed by atoms with E-state index in [-0.39, 0.29) is 18.3 Å². The van der Waals surface area contributed by atoms with Crippen molar-refractivity contribution < 1.29 is 9.53 Å². The van der Waals surface area contributed by atoms with E-state index >= 15 is 0 Å². The average Bonchev–Trinajstić information content (AvgIpc) is 3.14. The van der Waals surface area contributed by atoms with Gasteiger partial charge in [0.25, 0.3) is 5.91 Å². The number of aromatic nitrogens is 1. The highest BCUT2D eigenvalue weighted by molar-refractivity contribution is 9.10. The molecule has 160 valence electrons. The second kappa shape index (κ2) is 11.0. The topological polar surface area (TPSA) is 45.7 Å². The number of hydrogen-bond donors (Lipinski definition) is 0. The highest BCUT2D eigenvalue weighted by Crippen LogP contribution is 2.32. The number of fused-ring (bicyclic) bond motifs is 1. The van der Waals surface area contributed by atoms with E-state index in [0.717, 1.165) is 63.6 Å². The van der Waals surface area contributed by atoms with Crippen LogP contribution < -0.4 is 4.90 Å². The zero-order valence-corrected chi connectivity index (χ0v) is 21.0. The van der Waals surface area contributed by atoms with Gasteiger partial charge in [0.2, 0.25) is 0 Å². The van der Waals surface area contributed by atoms with Crippen LogP contribution in [-0.4, -0.2) is 55.2 Å². The normalized spacial score (nSPS) is 14.5. The van der Waals surface area contributed by atoms with Gasteiger partial charge in [0.05, 0.1) is 29.0 Å². The highest BCUT2D eigenvalue weighted by Gasteiger charge is 2.23. The van der Waals surface area contributed by atoms with Crippen molar-refractivity contribution in [2.45, 2.75) is 6.42 Å². The maximum Gasteiger partial charge on any atom is 0.261 e. The maximum atomic E-state index is 13.4. The van der Waals surface area contributed by atoms with Crippen molar-refractivity contribution in [2.24, 2.45) is 0 Å². The molecule has 1 amide bonds. The van der Waals surface area contributed by atoms with Gasteiger partial charge < -0.3 is 4.74 Å². The maximum absolute atomic E-state index is 13.4. The molecule has 5 nitrogen and oxygen atoms in total. The lowest BCUT2D eigenvalue weighted by atomic mass is 10.2. The number of carbonyl (C=O) groups is 1. The summed E-state index contributed by atoms with van der Waals surface area (Å²) in [7, 11) is 0. The van der Waals surface area contributed by atoms with E-state index in [9.17, 15) is 4.79 Å². The predicted molar refractivity (Wildman–Crippen MR) is 132 cm³/mol. The fraction of sp³-hybridized carbons (Fsp3) is 0.333. The Morgan fingerprint density at radius 3 is 2.70 bits per heavy atom. The van der Waals surface area contributed by atoms with Crippen LogP contribution in [0.25, 0.3) is 10.2 Å². The van der Waals surface area contributed by atoms with Crippen LogP contribution in [0, 0.1) is 0 Å². The number of nitrogens with zero attached hydrogens (tertiary/aromatic N) is 3. The van der Waals surface area contributed by atoms with E-state index in [1.807, 2.05) is 47.4 Å². The Labute approximate surface area is 203 Å². The summed E-state index contributed by atoms with van der Waals surface area (Å²) in [6.45, 7) is 5.04. The van der Waals surface area contributed by atoms with Crippen LogP contribution in [0.5, 0.6) is 0 Å². The molecule has 0 atom stereocenters. The van der Waals surface area contributed by atoms with E-state index in [2.05, 4.69) is 36.8 Å². The summed E-state index contributed by atoms with van der Waals surface area (Å²) in [5.41, 5.74) is 1.56. The van der Waals surface area contributed by atoms with Gasteiger partial charge in [-0.25, -0.2) is 4.98 Å². The SMILES string of the molecule is Cl.O=C(c1ccccc1Br)N(CCCN1CCOCC1)c1nc2ccc(Br)cc2s1. The Bertz CT molecular complexity index is 1010. The van der Waals surface area contributed by atoms with Crippen molar-refractivity contribution in [3.05, 3.63) is 57.0 Å². The second-order valence-electron chi connectivity index (χ2n) is 6.85. The number of hydrogen-bond acceptors (Lipinski definition) is 5. The molecule has 2 aromatic carbocycles. The minimum absolute atomic E-state index is 0. The second-order valence-corrected chi connectivity index (χ2v) is 9.63. The molecule has 1 fully saturated rings. The number of thiazole rings is 1. The van der Waals surface area contributed by atoms with Gasteiger partial charge in [0.1, 0.15) is 0 Å². The van der Waals surface area contributed by atoms with Crippen molar-refractivity contribution in [2.75, 3.05) is 44.3 Å². The molecule has 30 heavy (non-hydrogen) atoms. The molecule has 0 aliphatic carbocycles. The van der Waals surface area contributed by atoms with Gasteiger partial charge in [-0.05, 0) is 52.7 Å². The number of anilines is 1. The van der Waals surface area contributed by atoms with E-state index in [0.29, 0.717) is 12.1 Å². The summed E-state index contributed by atoms with van der Waals surface area (Å²) in [4.78, 5) is 22.4. The number of morpholine rings is 1. The third-order valence-electron chi connectivity index (χ3n) is 4.88. The Kier molecular flexibility index (Phi) is 8.68. The van der Waals surface area contributed by atoms with E-state index < -0.39 is 0 Å². The molecule has 2 heterocycles. The Hall–Kier alpha value is -1.03. The van der Waals surface area contributed by atoms with Gasteiger partial charge >= 0.3 is 0 Å². The molecule has 0 N–H and O–H groups in total. The molecule has 0 radical (unpaired) electrons. The van der Waals surface area contributed by atoms with Gasteiger partial charge in [-0.15, -0.1) is 12.4 Å². The fourth-order valence-electron chi connectivity index (χ4n) is 3.34. The summed E-state index contributed by atoms with van der Waals surface area (Å²) in [6.07, 6.45) is 0.885. The van der Waals surface area contributed by atoms with Crippen molar-refractivity contribution in [1.29, 1.82) is 0 Å². The minimum Gasteiger partial charge on any atom is -0.379 e. The lowest BCUT2D eigenvalue weighted by Gasteiger charge is -2.27. The standard InChI is InChI=1S/C21H21Br2N3O2S.ClH/c22-15-6-7-18-19(14-15)29-21(24-18)26(9-3-8-25-10-12-28-13-11-25)20(27)16-4-1-2-5-17(16)23;/h1-2,4-7,14H,3,8-13H2;1H. The first-order valence-corrected chi connectivity index (χ1v) is 11.9. The van der Waals surface area contributed by atoms with Crippen LogP contribution in [0.2, 0.25) is 0 Å². The monoisotopic (exact) mass is 573 g/mol. The van der Waals surface area contributed by atoms with Crippen LogP contribution in [0.1, 0.15) is 16.8 Å². The van der Waals surface area contributed by atoms with E-state index in [4.69, 9.17) is 9.72 Å². The molecule has 9 heteroatoms. The Morgan fingerprint density at radius 1 is 1.17 bits per heavy atom. The lowest BCUT2D eigenvalue weighted by Crippen LogP contribution is -2.39. The van der Waals surface area contributed by atoms with Crippen LogP contribution in [-0.2, 0) is 4.74 Å². The molecule has 0 spiro atoms. The van der Waals surface area contributed by atoms with Gasteiger partial charge in [-0.3, -0.25) is 14.6 Å². The summed E-state index contributed by atoms with van der Waals surface area (Å²) in [5.74, 6) is -0.0300. The molecule has 3 aromatic rings. The predicted octanol–water partition coefficient (Wildman–Crippen LogP) is 5.61. The van der Waals surface area contributed by atoms with E-state index in [1.165, 1.54) is 0 Å². The van der Waals surface area contributed by atoms with Gasteiger partial charge in [0, 0.05) is 35.1 Å². The van der Waals surface area contributed by atoms with Crippen LogP contribution in [0.3, 0.4) is 0 Å². The van der Waals surface area contributed by atoms with E-state index in [1.54, 1.807) is 11.3 Å². The first-order valence-electron chi connectivity index (χ1n) is 9.54. The molecule has 0 unspecified atom stereocenters. The summed E-state index contributed by atoms with van der Waals surface area (Å²) < 4.78 is 8.30. The molecule has 4 rings (SSSR count). The minimum atomic E-state index is -0.0300. The summed E-state index contributed by atoms with van der Waals surface area (Å²) >= 11 is 8.59. The number of amides is 1. The number of carbonyl (C=O) groups excluding carboxylic acids is 1. The molecule has 1 aliphatic rings. The third kappa shape index (κ3) is 5.60. The van der Waals surface area contributed by atoms with Crippen LogP contribution in [0.15, 0.2) is 51.4 Å². The molecular weight excluding hydrogens is 554 g/mol. The summed E-state index contributed by atoms with van der Waals surface area (Å²) in [5, 5.41) is 0.737. The Morgan fingerprint density at radius 2 is 1.93 bits per heavy atom. The summed E-state index contributed by atoms with van der Waals surface area (Å²) in [6, 6.07) is 13.6. The third-order valence-corrected chi connectivity index (χ3v) is 7.11. The number of halogens is 3. The number of rotatable bonds is 6. The highest BCUT2D eigenvalue weighted by atomic mass is 79.9. The van der Waals surface area contributed by atoms with Gasteiger partial charge in [0.15, 0.2) is 5.13 Å². The largest absolute Gasteiger partial charge is 0.379 e. The molecule has 1 saturated heterocycles. The first kappa shape index (κ1) is 23.6. The molecule has 0 saturated carbocycles. The van der Waals surface area contributed by atoms with Crippen LogP contribution >= 0.6 is 55.6 Å². The molecule has 0 bridgehead atoms. The van der Waals surface area contributed by atoms with Gasteiger partial charge in [-0.2, -0.15) is 0 Å². The molecule has 1 aromatic heterocycles. The molecule has 1 aliphatic heterocycles. The van der Waals surface area contributed by atoms with Crippen molar-refractivity contribution >= 4 is 76.9 Å². The first-order chi connectivity index (χ1) is 14.1. The zero-order chi connectivity index (χ0) is 20.2. The zero-order valence-electron chi connectivity index (χ0n) is 16.2. The average molecular weight is 576 g/mol. The smallest absolute Gasteiger partial charge is 0.261 e. The quantitative estimate of drug-likeness (QED) is 0.383. The van der Waals surface area contributed by atoms with Crippen LogP contribution in [0.4, 0.5) is 5.13 Å².